The topological polar surface area (TPSA) is 29.0 Å². The zero-order valence-corrected chi connectivity index (χ0v) is 10.4. The summed E-state index contributed by atoms with van der Waals surface area (Å²) >= 11 is 1.52. The smallest absolute Gasteiger partial charge is 0.217 e. The Morgan fingerprint density at radius 2 is 1.33 bits per heavy atom. The minimum absolute atomic E-state index is 0.868. The van der Waals surface area contributed by atoms with Crippen molar-refractivity contribution < 1.29 is 0 Å². The Hall–Kier alpha value is -2.20. The highest BCUT2D eigenvalue weighted by Gasteiger charge is 2.13. The molecule has 0 amide bonds. The minimum Gasteiger partial charge on any atom is -0.285 e. The van der Waals surface area contributed by atoms with E-state index in [9.17, 15) is 0 Å². The lowest BCUT2D eigenvalue weighted by Gasteiger charge is -2.21. The first-order valence-corrected chi connectivity index (χ1v) is 6.49. The van der Waals surface area contributed by atoms with E-state index in [1.165, 1.54) is 11.3 Å². The molecule has 0 unspecified atom stereocenters. The van der Waals surface area contributed by atoms with Crippen LogP contribution in [0.1, 0.15) is 0 Å². The molecule has 0 aliphatic carbocycles. The molecule has 2 aromatic carbocycles. The molecular weight excluding hydrogens is 242 g/mol. The van der Waals surface area contributed by atoms with Crippen molar-refractivity contribution in [3.05, 3.63) is 66.2 Å². The molecule has 0 aliphatic rings. The number of hydrogen-bond donors (Lipinski definition) is 0. The highest BCUT2D eigenvalue weighted by atomic mass is 32.1. The third-order valence-electron chi connectivity index (χ3n) is 2.57. The summed E-state index contributed by atoms with van der Waals surface area (Å²) in [6.07, 6.45) is 0. The van der Waals surface area contributed by atoms with Gasteiger partial charge in [-0.05, 0) is 24.3 Å². The molecule has 0 bridgehead atoms. The molecule has 3 aromatic rings. The van der Waals surface area contributed by atoms with Crippen LogP contribution in [0.25, 0.3) is 0 Å². The van der Waals surface area contributed by atoms with Gasteiger partial charge < -0.3 is 0 Å². The monoisotopic (exact) mass is 253 g/mol. The molecule has 0 saturated carbocycles. The lowest BCUT2D eigenvalue weighted by Crippen LogP contribution is -2.09. The van der Waals surface area contributed by atoms with E-state index in [1.54, 1.807) is 5.51 Å². The molecule has 18 heavy (non-hydrogen) atoms. The zero-order chi connectivity index (χ0) is 12.2. The van der Waals surface area contributed by atoms with Crippen molar-refractivity contribution >= 4 is 27.8 Å². The third-order valence-corrected chi connectivity index (χ3v) is 3.24. The van der Waals surface area contributed by atoms with Gasteiger partial charge in [-0.3, -0.25) is 4.90 Å². The van der Waals surface area contributed by atoms with Crippen molar-refractivity contribution in [1.82, 2.24) is 10.2 Å². The van der Waals surface area contributed by atoms with Gasteiger partial charge in [0, 0.05) is 11.4 Å². The molecular formula is C14H11N3S. The number of para-hydroxylation sites is 2. The molecule has 0 radical (unpaired) electrons. The van der Waals surface area contributed by atoms with Crippen LogP contribution in [-0.2, 0) is 0 Å². The molecule has 0 fully saturated rings. The highest BCUT2D eigenvalue weighted by molar-refractivity contribution is 7.13. The van der Waals surface area contributed by atoms with Gasteiger partial charge in [0.25, 0.3) is 0 Å². The van der Waals surface area contributed by atoms with Gasteiger partial charge in [-0.1, -0.05) is 47.7 Å². The Balaban J connectivity index is 2.11. The number of benzene rings is 2. The SMILES string of the molecule is c1ccc(N(c2ccccc2)c2nncs2)cc1. The van der Waals surface area contributed by atoms with Crippen molar-refractivity contribution in [1.29, 1.82) is 0 Å². The summed E-state index contributed by atoms with van der Waals surface area (Å²) in [6, 6.07) is 20.3. The van der Waals surface area contributed by atoms with Gasteiger partial charge in [0.05, 0.1) is 0 Å². The molecule has 4 heteroatoms. The maximum Gasteiger partial charge on any atom is 0.217 e. The summed E-state index contributed by atoms with van der Waals surface area (Å²) in [7, 11) is 0. The van der Waals surface area contributed by atoms with Crippen LogP contribution in [0.15, 0.2) is 66.2 Å². The maximum atomic E-state index is 4.16. The molecule has 0 atom stereocenters. The second-order valence-electron chi connectivity index (χ2n) is 3.73. The predicted molar refractivity (Wildman–Crippen MR) is 74.6 cm³/mol. The second kappa shape index (κ2) is 4.98. The van der Waals surface area contributed by atoms with Crippen molar-refractivity contribution in [2.75, 3.05) is 4.90 Å². The van der Waals surface area contributed by atoms with E-state index in [0.29, 0.717) is 0 Å². The quantitative estimate of drug-likeness (QED) is 0.706. The summed E-state index contributed by atoms with van der Waals surface area (Å²) in [5.74, 6) is 0. The lowest BCUT2D eigenvalue weighted by molar-refractivity contribution is 1.06. The van der Waals surface area contributed by atoms with Gasteiger partial charge in [0.2, 0.25) is 5.13 Å². The summed E-state index contributed by atoms with van der Waals surface area (Å²) < 4.78 is 0. The first kappa shape index (κ1) is 10.9. The zero-order valence-electron chi connectivity index (χ0n) is 9.60. The normalized spacial score (nSPS) is 10.2. The molecule has 0 N–H and O–H groups in total. The van der Waals surface area contributed by atoms with Crippen molar-refractivity contribution in [3.63, 3.8) is 0 Å². The number of nitrogens with zero attached hydrogens (tertiary/aromatic N) is 3. The van der Waals surface area contributed by atoms with E-state index in [-0.39, 0.29) is 0 Å². The van der Waals surface area contributed by atoms with E-state index < -0.39 is 0 Å². The van der Waals surface area contributed by atoms with Crippen LogP contribution >= 0.6 is 11.3 Å². The van der Waals surface area contributed by atoms with Crippen LogP contribution < -0.4 is 4.90 Å². The lowest BCUT2D eigenvalue weighted by atomic mass is 10.2. The van der Waals surface area contributed by atoms with Crippen LogP contribution in [0.4, 0.5) is 16.5 Å². The van der Waals surface area contributed by atoms with E-state index in [0.717, 1.165) is 16.5 Å². The van der Waals surface area contributed by atoms with Gasteiger partial charge in [-0.15, -0.1) is 10.2 Å². The molecule has 3 rings (SSSR count). The molecule has 3 nitrogen and oxygen atoms in total. The van der Waals surface area contributed by atoms with Crippen LogP contribution in [0.3, 0.4) is 0 Å². The second-order valence-corrected chi connectivity index (χ2v) is 4.54. The number of aromatic nitrogens is 2. The highest BCUT2D eigenvalue weighted by Crippen LogP contribution is 2.34. The van der Waals surface area contributed by atoms with Crippen molar-refractivity contribution in [2.45, 2.75) is 0 Å². The van der Waals surface area contributed by atoms with Gasteiger partial charge in [0.15, 0.2) is 0 Å². The number of rotatable bonds is 3. The fraction of sp³-hybridized carbons (Fsp3) is 0. The summed E-state index contributed by atoms with van der Waals surface area (Å²) in [4.78, 5) is 2.09. The Morgan fingerprint density at radius 3 is 1.78 bits per heavy atom. The molecule has 88 valence electrons. The molecule has 0 spiro atoms. The molecule has 0 saturated heterocycles. The first-order chi connectivity index (χ1) is 8.95. The Bertz CT molecular complexity index is 554. The predicted octanol–water partition coefficient (Wildman–Crippen LogP) is 4.01. The Labute approximate surface area is 109 Å². The summed E-state index contributed by atoms with van der Waals surface area (Å²) in [5.41, 5.74) is 3.91. The van der Waals surface area contributed by atoms with E-state index in [2.05, 4.69) is 39.4 Å². The van der Waals surface area contributed by atoms with Crippen molar-refractivity contribution in [3.8, 4) is 0 Å². The van der Waals surface area contributed by atoms with Crippen LogP contribution in [-0.4, -0.2) is 10.2 Å². The van der Waals surface area contributed by atoms with E-state index >= 15 is 0 Å². The number of anilines is 3. The first-order valence-electron chi connectivity index (χ1n) is 5.61. The molecule has 1 heterocycles. The van der Waals surface area contributed by atoms with Crippen LogP contribution in [0.5, 0.6) is 0 Å². The molecule has 1 aromatic heterocycles. The summed E-state index contributed by atoms with van der Waals surface area (Å²) in [5, 5.41) is 8.95. The Kier molecular flexibility index (Phi) is 3.02. The van der Waals surface area contributed by atoms with Crippen molar-refractivity contribution in [2.24, 2.45) is 0 Å². The maximum absolute atomic E-state index is 4.16. The average molecular weight is 253 g/mol. The third kappa shape index (κ3) is 2.10. The fourth-order valence-electron chi connectivity index (χ4n) is 1.79. The van der Waals surface area contributed by atoms with Gasteiger partial charge in [-0.2, -0.15) is 0 Å². The van der Waals surface area contributed by atoms with E-state index in [4.69, 9.17) is 0 Å². The van der Waals surface area contributed by atoms with Gasteiger partial charge in [-0.25, -0.2) is 0 Å². The van der Waals surface area contributed by atoms with Gasteiger partial charge >= 0.3 is 0 Å². The average Bonchev–Trinajstić information content (AvgIpc) is 2.95. The number of hydrogen-bond acceptors (Lipinski definition) is 4. The summed E-state index contributed by atoms with van der Waals surface area (Å²) in [6.45, 7) is 0. The largest absolute Gasteiger partial charge is 0.285 e. The van der Waals surface area contributed by atoms with Gasteiger partial charge in [0.1, 0.15) is 5.51 Å². The molecule has 0 aliphatic heterocycles. The van der Waals surface area contributed by atoms with Crippen LogP contribution in [0.2, 0.25) is 0 Å². The Morgan fingerprint density at radius 1 is 0.778 bits per heavy atom. The minimum atomic E-state index is 0.868. The standard InChI is InChI=1S/C14H11N3S/c1-3-7-12(8-4-1)17(14-16-15-11-18-14)13-9-5-2-6-10-13/h1-11H. The van der Waals surface area contributed by atoms with Crippen LogP contribution in [0, 0.1) is 0 Å². The fourth-order valence-corrected chi connectivity index (χ4v) is 2.39. The van der Waals surface area contributed by atoms with E-state index in [1.807, 2.05) is 36.4 Å².